The Morgan fingerprint density at radius 3 is 2.91 bits per heavy atom. The molecule has 4 heteroatoms. The number of benzene rings is 2. The lowest BCUT2D eigenvalue weighted by molar-refractivity contribution is 0.0931. The van der Waals surface area contributed by atoms with Crippen LogP contribution in [0, 0.1) is 12.7 Å². The molecule has 0 spiro atoms. The van der Waals surface area contributed by atoms with Gasteiger partial charge < -0.3 is 11.1 Å². The molecule has 0 aliphatic heterocycles. The van der Waals surface area contributed by atoms with Crippen LogP contribution in [0.3, 0.4) is 0 Å². The molecule has 3 nitrogen and oxygen atoms in total. The van der Waals surface area contributed by atoms with Gasteiger partial charge in [0.25, 0.3) is 5.91 Å². The molecule has 0 saturated carbocycles. The Labute approximate surface area is 129 Å². The second kappa shape index (κ2) is 5.79. The van der Waals surface area contributed by atoms with Crippen molar-refractivity contribution in [2.75, 3.05) is 5.73 Å². The molecule has 0 heterocycles. The minimum Gasteiger partial charge on any atom is -0.399 e. The molecule has 1 atom stereocenters. The highest BCUT2D eigenvalue weighted by atomic mass is 19.1. The van der Waals surface area contributed by atoms with Crippen LogP contribution >= 0.6 is 0 Å². The minimum atomic E-state index is -0.396. The standard InChI is InChI=1S/C18H19FN2O/c1-11-5-6-13(19)10-16(11)18(22)21-17-4-2-3-12-9-14(20)7-8-15(12)17/h5-10,17H,2-4,20H2,1H3,(H,21,22). The van der Waals surface area contributed by atoms with Crippen molar-refractivity contribution in [1.82, 2.24) is 5.32 Å². The van der Waals surface area contributed by atoms with Gasteiger partial charge in [0.15, 0.2) is 0 Å². The first-order valence-electron chi connectivity index (χ1n) is 7.50. The highest BCUT2D eigenvalue weighted by Gasteiger charge is 2.23. The molecule has 2 aromatic carbocycles. The van der Waals surface area contributed by atoms with Crippen LogP contribution in [0.2, 0.25) is 0 Å². The average Bonchev–Trinajstić information content (AvgIpc) is 2.49. The van der Waals surface area contributed by atoms with Gasteiger partial charge in [0, 0.05) is 11.3 Å². The van der Waals surface area contributed by atoms with Crippen LogP contribution in [0.4, 0.5) is 10.1 Å². The Morgan fingerprint density at radius 1 is 1.27 bits per heavy atom. The van der Waals surface area contributed by atoms with Crippen molar-refractivity contribution >= 4 is 11.6 Å². The molecule has 1 amide bonds. The van der Waals surface area contributed by atoms with Crippen LogP contribution in [-0.4, -0.2) is 5.91 Å². The molecular formula is C18H19FN2O. The second-order valence-corrected chi connectivity index (χ2v) is 5.84. The fourth-order valence-electron chi connectivity index (χ4n) is 3.06. The van der Waals surface area contributed by atoms with E-state index in [9.17, 15) is 9.18 Å². The summed E-state index contributed by atoms with van der Waals surface area (Å²) in [5, 5.41) is 3.03. The number of nitrogen functional groups attached to an aromatic ring is 1. The summed E-state index contributed by atoms with van der Waals surface area (Å²) in [6.07, 6.45) is 2.87. The van der Waals surface area contributed by atoms with E-state index in [4.69, 9.17) is 5.73 Å². The van der Waals surface area contributed by atoms with E-state index in [1.165, 1.54) is 17.7 Å². The SMILES string of the molecule is Cc1ccc(F)cc1C(=O)NC1CCCc2cc(N)ccc21. The summed E-state index contributed by atoms with van der Waals surface area (Å²) in [6, 6.07) is 10.0. The monoisotopic (exact) mass is 298 g/mol. The molecule has 22 heavy (non-hydrogen) atoms. The predicted molar refractivity (Wildman–Crippen MR) is 85.1 cm³/mol. The number of rotatable bonds is 2. The number of amides is 1. The Bertz CT molecular complexity index is 727. The van der Waals surface area contributed by atoms with Gasteiger partial charge in [-0.3, -0.25) is 4.79 Å². The first kappa shape index (κ1) is 14.6. The van der Waals surface area contributed by atoms with Gasteiger partial charge in [-0.05, 0) is 67.1 Å². The third kappa shape index (κ3) is 2.82. The molecule has 1 aliphatic rings. The molecule has 1 unspecified atom stereocenters. The number of nitrogens with two attached hydrogens (primary N) is 1. The number of carbonyl (C=O) groups excluding carboxylic acids is 1. The van der Waals surface area contributed by atoms with Crippen LogP contribution in [-0.2, 0) is 6.42 Å². The maximum Gasteiger partial charge on any atom is 0.252 e. The van der Waals surface area contributed by atoms with Crippen molar-refractivity contribution in [2.24, 2.45) is 0 Å². The summed E-state index contributed by atoms with van der Waals surface area (Å²) >= 11 is 0. The molecular weight excluding hydrogens is 279 g/mol. The Hall–Kier alpha value is -2.36. The first-order chi connectivity index (χ1) is 10.5. The Kier molecular flexibility index (Phi) is 3.84. The van der Waals surface area contributed by atoms with E-state index in [1.807, 2.05) is 25.1 Å². The van der Waals surface area contributed by atoms with E-state index in [2.05, 4.69) is 5.32 Å². The van der Waals surface area contributed by atoms with Crippen molar-refractivity contribution in [1.29, 1.82) is 0 Å². The van der Waals surface area contributed by atoms with Crippen LogP contribution in [0.25, 0.3) is 0 Å². The van der Waals surface area contributed by atoms with Gasteiger partial charge in [-0.15, -0.1) is 0 Å². The summed E-state index contributed by atoms with van der Waals surface area (Å²) in [6.45, 7) is 1.81. The summed E-state index contributed by atoms with van der Waals surface area (Å²) in [5.41, 5.74) is 10.0. The van der Waals surface area contributed by atoms with Gasteiger partial charge in [0.05, 0.1) is 6.04 Å². The van der Waals surface area contributed by atoms with Crippen LogP contribution < -0.4 is 11.1 Å². The zero-order valence-corrected chi connectivity index (χ0v) is 12.5. The number of hydrogen-bond acceptors (Lipinski definition) is 2. The number of aryl methyl sites for hydroxylation is 2. The molecule has 3 N–H and O–H groups in total. The molecule has 114 valence electrons. The number of fused-ring (bicyclic) bond motifs is 1. The van der Waals surface area contributed by atoms with E-state index in [-0.39, 0.29) is 11.9 Å². The normalized spacial score (nSPS) is 16.9. The van der Waals surface area contributed by atoms with Gasteiger partial charge in [-0.25, -0.2) is 4.39 Å². The summed E-state index contributed by atoms with van der Waals surface area (Å²) in [4.78, 5) is 12.5. The van der Waals surface area contributed by atoms with Gasteiger partial charge in [-0.2, -0.15) is 0 Å². The van der Waals surface area contributed by atoms with Crippen LogP contribution in [0.1, 0.15) is 45.9 Å². The average molecular weight is 298 g/mol. The fraction of sp³-hybridized carbons (Fsp3) is 0.278. The topological polar surface area (TPSA) is 55.1 Å². The number of anilines is 1. The van der Waals surface area contributed by atoms with E-state index in [1.54, 1.807) is 6.07 Å². The first-order valence-corrected chi connectivity index (χ1v) is 7.50. The highest BCUT2D eigenvalue weighted by molar-refractivity contribution is 5.95. The molecule has 0 radical (unpaired) electrons. The molecule has 3 rings (SSSR count). The number of hydrogen-bond donors (Lipinski definition) is 2. The molecule has 2 aromatic rings. The molecule has 0 fully saturated rings. The maximum atomic E-state index is 13.4. The minimum absolute atomic E-state index is 0.0421. The Morgan fingerprint density at radius 2 is 2.09 bits per heavy atom. The maximum absolute atomic E-state index is 13.4. The van der Waals surface area contributed by atoms with E-state index in [0.29, 0.717) is 5.56 Å². The van der Waals surface area contributed by atoms with E-state index >= 15 is 0 Å². The van der Waals surface area contributed by atoms with Crippen LogP contribution in [0.5, 0.6) is 0 Å². The third-order valence-electron chi connectivity index (χ3n) is 4.23. The summed E-state index contributed by atoms with van der Waals surface area (Å²) < 4.78 is 13.4. The number of halogens is 1. The van der Waals surface area contributed by atoms with Crippen molar-refractivity contribution in [3.63, 3.8) is 0 Å². The van der Waals surface area contributed by atoms with Gasteiger partial charge in [-0.1, -0.05) is 12.1 Å². The highest BCUT2D eigenvalue weighted by Crippen LogP contribution is 2.31. The molecule has 0 saturated heterocycles. The summed E-state index contributed by atoms with van der Waals surface area (Å²) in [7, 11) is 0. The molecule has 0 aromatic heterocycles. The molecule has 1 aliphatic carbocycles. The van der Waals surface area contributed by atoms with E-state index in [0.717, 1.165) is 36.1 Å². The third-order valence-corrected chi connectivity index (χ3v) is 4.23. The quantitative estimate of drug-likeness (QED) is 0.833. The second-order valence-electron chi connectivity index (χ2n) is 5.84. The van der Waals surface area contributed by atoms with Gasteiger partial charge in [0.1, 0.15) is 5.82 Å². The smallest absolute Gasteiger partial charge is 0.252 e. The lowest BCUT2D eigenvalue weighted by atomic mass is 9.87. The van der Waals surface area contributed by atoms with Crippen LogP contribution in [0.15, 0.2) is 36.4 Å². The van der Waals surface area contributed by atoms with Gasteiger partial charge in [0.2, 0.25) is 0 Å². The van der Waals surface area contributed by atoms with E-state index < -0.39 is 5.82 Å². The Balaban J connectivity index is 1.85. The summed E-state index contributed by atoms with van der Waals surface area (Å²) in [5.74, 6) is -0.626. The van der Waals surface area contributed by atoms with Crippen molar-refractivity contribution < 1.29 is 9.18 Å². The lowest BCUT2D eigenvalue weighted by Gasteiger charge is -2.27. The lowest BCUT2D eigenvalue weighted by Crippen LogP contribution is -2.31. The predicted octanol–water partition coefficient (Wildman–Crippen LogP) is 3.52. The molecule has 0 bridgehead atoms. The van der Waals surface area contributed by atoms with Crippen molar-refractivity contribution in [2.45, 2.75) is 32.2 Å². The van der Waals surface area contributed by atoms with Gasteiger partial charge >= 0.3 is 0 Å². The number of nitrogens with one attached hydrogen (secondary N) is 1. The number of carbonyl (C=O) groups is 1. The van der Waals surface area contributed by atoms with Crippen molar-refractivity contribution in [3.8, 4) is 0 Å². The fourth-order valence-corrected chi connectivity index (χ4v) is 3.06. The van der Waals surface area contributed by atoms with Crippen molar-refractivity contribution in [3.05, 3.63) is 64.5 Å². The zero-order chi connectivity index (χ0) is 15.7. The largest absolute Gasteiger partial charge is 0.399 e. The zero-order valence-electron chi connectivity index (χ0n) is 12.5.